The maximum atomic E-state index is 13.7. The maximum Gasteiger partial charge on any atom is 0.415 e. The van der Waals surface area contributed by atoms with Crippen LogP contribution >= 0.6 is 11.3 Å². The number of nitrogens with zero attached hydrogens (tertiary/aromatic N) is 4. The summed E-state index contributed by atoms with van der Waals surface area (Å²) in [4.78, 5) is 73.2. The van der Waals surface area contributed by atoms with Gasteiger partial charge in [-0.3, -0.25) is 14.4 Å². The Balaban J connectivity index is 0.780. The summed E-state index contributed by atoms with van der Waals surface area (Å²) in [5.41, 5.74) is 0.672. The van der Waals surface area contributed by atoms with Gasteiger partial charge in [-0.1, -0.05) is 47.8 Å². The molecule has 3 aromatic rings. The van der Waals surface area contributed by atoms with Crippen LogP contribution < -0.4 is 25.8 Å². The molecule has 4 amide bonds. The summed E-state index contributed by atoms with van der Waals surface area (Å²) in [6, 6.07) is 5.80. The molecule has 5 fully saturated rings. The first-order valence-electron chi connectivity index (χ1n) is 28.6. The van der Waals surface area contributed by atoms with Crippen LogP contribution in [0.5, 0.6) is 17.2 Å². The fourth-order valence-corrected chi connectivity index (χ4v) is 16.9. The van der Waals surface area contributed by atoms with Crippen molar-refractivity contribution in [2.75, 3.05) is 33.2 Å². The van der Waals surface area contributed by atoms with Crippen molar-refractivity contribution in [2.45, 2.75) is 174 Å². The van der Waals surface area contributed by atoms with E-state index in [1.165, 1.54) is 9.80 Å². The molecule has 11 atom stereocenters. The number of rotatable bonds is 22. The Bertz CT molecular complexity index is 2990. The first-order valence-corrected chi connectivity index (χ1v) is 29.4. The Hall–Kier alpha value is -5.77. The van der Waals surface area contributed by atoms with Crippen LogP contribution in [0.3, 0.4) is 0 Å². The molecule has 18 heteroatoms. The Morgan fingerprint density at radius 1 is 0.949 bits per heavy atom. The average molecular weight is 1110 g/mol. The van der Waals surface area contributed by atoms with E-state index in [4.69, 9.17) is 4.74 Å². The molecule has 7 N–H and O–H groups in total. The number of benzene rings is 2. The summed E-state index contributed by atoms with van der Waals surface area (Å²) in [6.07, 6.45) is 9.93. The maximum absolute atomic E-state index is 13.7. The normalized spacial score (nSPS) is 28.4. The molecule has 0 bridgehead atoms. The van der Waals surface area contributed by atoms with Gasteiger partial charge in [0.1, 0.15) is 29.4 Å². The molecule has 79 heavy (non-hydrogen) atoms. The van der Waals surface area contributed by atoms with Gasteiger partial charge in [-0.25, -0.2) is 14.6 Å². The number of aliphatic carboxylic acids is 1. The van der Waals surface area contributed by atoms with Gasteiger partial charge in [0.25, 0.3) is 0 Å². The highest BCUT2D eigenvalue weighted by atomic mass is 32.1. The second kappa shape index (κ2) is 23.0. The number of hydrogen-bond donors (Lipinski definition) is 7. The molecule has 430 valence electrons. The van der Waals surface area contributed by atoms with Crippen molar-refractivity contribution in [3.8, 4) is 23.3 Å². The fourth-order valence-electron chi connectivity index (χ4n) is 16.1. The van der Waals surface area contributed by atoms with Crippen molar-refractivity contribution in [1.82, 2.24) is 25.4 Å². The van der Waals surface area contributed by atoms with Crippen LogP contribution in [0.15, 0.2) is 18.2 Å². The van der Waals surface area contributed by atoms with E-state index >= 15 is 0 Å². The van der Waals surface area contributed by atoms with Crippen LogP contribution in [-0.4, -0.2) is 122 Å². The predicted octanol–water partition coefficient (Wildman–Crippen LogP) is 7.52. The zero-order valence-electron chi connectivity index (χ0n) is 47.4. The number of phenolic OH excluding ortho intramolecular Hbond substituents is 2. The third-order valence-corrected chi connectivity index (χ3v) is 21.5. The second-order valence-corrected chi connectivity index (χ2v) is 26.4. The zero-order chi connectivity index (χ0) is 57.6. The molecule has 0 radical (unpaired) electrons. The summed E-state index contributed by atoms with van der Waals surface area (Å²) in [6.45, 7) is 20.7. The molecular formula is C61H84N6O11S. The Kier molecular flexibility index (Phi) is 17.3. The monoisotopic (exact) mass is 1110 g/mol. The number of amides is 4. The molecule has 2 aromatic carbocycles. The van der Waals surface area contributed by atoms with Crippen molar-refractivity contribution in [2.24, 2.45) is 45.3 Å². The van der Waals surface area contributed by atoms with Crippen LogP contribution in [0.2, 0.25) is 0 Å². The lowest BCUT2D eigenvalue weighted by atomic mass is 9.43. The molecule has 8 rings (SSSR count). The van der Waals surface area contributed by atoms with E-state index in [9.17, 15) is 54.8 Å². The van der Waals surface area contributed by atoms with Gasteiger partial charge in [-0.05, 0) is 149 Å². The smallest absolute Gasteiger partial charge is 0.415 e. The molecule has 0 aliphatic heterocycles. The first-order chi connectivity index (χ1) is 37.2. The number of carbonyl (C=O) groups excluding carboxylic acids is 4. The number of phenols is 2. The molecule has 5 aliphatic carbocycles. The van der Waals surface area contributed by atoms with Crippen molar-refractivity contribution in [3.05, 3.63) is 44.8 Å². The summed E-state index contributed by atoms with van der Waals surface area (Å²) in [7, 11) is 1.59. The van der Waals surface area contributed by atoms with Crippen molar-refractivity contribution >= 4 is 64.5 Å². The summed E-state index contributed by atoms with van der Waals surface area (Å²) >= 11 is 1.16. The van der Waals surface area contributed by atoms with Crippen LogP contribution in [0, 0.1) is 63.6 Å². The number of aliphatic hydroxyl groups is 2. The van der Waals surface area contributed by atoms with Crippen molar-refractivity contribution in [3.63, 3.8) is 0 Å². The van der Waals surface area contributed by atoms with E-state index in [0.29, 0.717) is 58.4 Å². The third kappa shape index (κ3) is 11.2. The number of thiazole rings is 1. The van der Waals surface area contributed by atoms with Gasteiger partial charge in [0.05, 0.1) is 22.4 Å². The van der Waals surface area contributed by atoms with Crippen LogP contribution in [0.1, 0.15) is 160 Å². The number of aromatic hydroxyl groups is 2. The van der Waals surface area contributed by atoms with Crippen LogP contribution in [-0.2, 0) is 24.6 Å². The minimum absolute atomic E-state index is 0.0478. The number of nitriles is 1. The van der Waals surface area contributed by atoms with E-state index < -0.39 is 23.5 Å². The Morgan fingerprint density at radius 2 is 1.70 bits per heavy atom. The van der Waals surface area contributed by atoms with Gasteiger partial charge in [0.15, 0.2) is 5.01 Å². The second-order valence-electron chi connectivity index (χ2n) is 25.4. The Labute approximate surface area is 468 Å². The van der Waals surface area contributed by atoms with Gasteiger partial charge in [-0.15, -0.1) is 11.3 Å². The minimum Gasteiger partial charge on any atom is -0.507 e. The van der Waals surface area contributed by atoms with Gasteiger partial charge in [-0.2, -0.15) is 5.26 Å². The van der Waals surface area contributed by atoms with E-state index in [1.54, 1.807) is 46.0 Å². The number of hydrogen-bond acceptors (Lipinski definition) is 13. The number of ether oxygens (including phenoxy) is 1. The van der Waals surface area contributed by atoms with Crippen LogP contribution in [0.25, 0.3) is 23.4 Å². The van der Waals surface area contributed by atoms with Gasteiger partial charge in [0, 0.05) is 90.9 Å². The van der Waals surface area contributed by atoms with Gasteiger partial charge < -0.3 is 50.7 Å². The van der Waals surface area contributed by atoms with Crippen molar-refractivity contribution in [1.29, 1.82) is 5.26 Å². The molecule has 5 aliphatic rings. The molecule has 1 aromatic heterocycles. The standard InChI is InChI=1S/C61H84N6O11S/c1-35(42-17-19-46-58(42,7)23-24-60-34-61(46,60)47(69)30-39-29-40(68)21-22-59(39,60)8)15-20-49(71)64-44(55(75)76)13-10-11-25-63-48(70)14-12-26-67(56(77)78-41-16-18-43-45(31-41)79-50(33-62)65-43)28-27-66(9)51(72)32-57(5,6)52-38(4)53(73)36(2)37(3)54(52)74/h16,18,31,35,39-40,42,44,46-47,68-69,73-74H,3-4,10-15,17,19-30,32,34H2,1-2,5-9H3,(H,63,70)(H,64,71)(H,75,76). The van der Waals surface area contributed by atoms with E-state index in [2.05, 4.69) is 49.5 Å². The first kappa shape index (κ1) is 59.4. The van der Waals surface area contributed by atoms with Crippen LogP contribution in [0.4, 0.5) is 4.79 Å². The minimum atomic E-state index is -1.11. The molecule has 17 nitrogen and oxygen atoms in total. The molecule has 0 saturated heterocycles. The quantitative estimate of drug-likeness (QED) is 0.0380. The highest BCUT2D eigenvalue weighted by Gasteiger charge is 2.85. The number of unbranched alkanes of at least 4 members (excludes halogenated alkanes) is 1. The number of nitrogens with one attached hydrogen (secondary N) is 2. The van der Waals surface area contributed by atoms with Gasteiger partial charge in [0.2, 0.25) is 17.7 Å². The fraction of sp³-hybridized carbons (Fsp3) is 0.656. The number of carboxylic acids is 1. The highest BCUT2D eigenvalue weighted by Crippen LogP contribution is 2.90. The molecule has 1 heterocycles. The zero-order valence-corrected chi connectivity index (χ0v) is 48.2. The SMILES string of the molecule is C=c1c(C)c(O)c(=C)c(C(C)(C)CC(=O)N(C)CCN(CCCC(=O)NCCCCC(NC(=O)CCC(C)C2CCC3C2(C)CCC24CC32C(O)CC2CC(O)CCC24C)C(=O)O)C(=O)Oc2ccc3nc(C#N)sc3c2)c1O. The number of fused-ring (bicyclic) bond motifs is 3. The summed E-state index contributed by atoms with van der Waals surface area (Å²) in [5, 5.41) is 69.9. The van der Waals surface area contributed by atoms with E-state index in [1.807, 2.05) is 6.07 Å². The number of carboxylic acid groups (broad SMARTS) is 1. The average Bonchev–Trinajstić information content (AvgIpc) is 3.04. The number of aromatic nitrogens is 1. The largest absolute Gasteiger partial charge is 0.507 e. The number of aliphatic hydroxyl groups excluding tert-OH is 2. The van der Waals surface area contributed by atoms with E-state index in [0.717, 1.165) is 69.1 Å². The lowest BCUT2D eigenvalue weighted by Crippen LogP contribution is -2.58. The lowest BCUT2D eigenvalue weighted by Gasteiger charge is -2.62. The third-order valence-electron chi connectivity index (χ3n) is 20.6. The number of likely N-dealkylation sites (N-methyl/N-ethyl adjacent to an activating group) is 1. The Morgan fingerprint density at radius 3 is 2.42 bits per heavy atom. The summed E-state index contributed by atoms with van der Waals surface area (Å²) < 4.78 is 6.42. The predicted molar refractivity (Wildman–Crippen MR) is 301 cm³/mol. The molecule has 0 spiro atoms. The molecular weight excluding hydrogens is 1020 g/mol. The summed E-state index contributed by atoms with van der Waals surface area (Å²) in [5.74, 6) is -0.480. The molecule has 11 unspecified atom stereocenters. The van der Waals surface area contributed by atoms with E-state index in [-0.39, 0.29) is 148 Å². The molecule has 5 saturated carbocycles. The highest BCUT2D eigenvalue weighted by molar-refractivity contribution is 7.19. The topological polar surface area (TPSA) is 263 Å². The number of carbonyl (C=O) groups is 5. The van der Waals surface area contributed by atoms with Gasteiger partial charge >= 0.3 is 12.1 Å². The lowest BCUT2D eigenvalue weighted by molar-refractivity contribution is -0.174. The van der Waals surface area contributed by atoms with Crippen molar-refractivity contribution < 1.29 is 54.2 Å².